The van der Waals surface area contributed by atoms with Crippen LogP contribution >= 0.6 is 0 Å². The van der Waals surface area contributed by atoms with Crippen LogP contribution in [-0.2, 0) is 6.18 Å². The summed E-state index contributed by atoms with van der Waals surface area (Å²) in [5, 5.41) is 0.281. The molecule has 0 aliphatic heterocycles. The van der Waals surface area contributed by atoms with Crippen LogP contribution in [0.3, 0.4) is 0 Å². The molecule has 1 aromatic heterocycles. The number of para-hydroxylation sites is 1. The topological polar surface area (TPSA) is 32.9 Å². The Hall–Kier alpha value is -2.56. The van der Waals surface area contributed by atoms with Gasteiger partial charge in [-0.15, -0.1) is 0 Å². The summed E-state index contributed by atoms with van der Waals surface area (Å²) >= 11 is 0. The third kappa shape index (κ3) is 2.19. The fourth-order valence-electron chi connectivity index (χ4n) is 2.66. The summed E-state index contributed by atoms with van der Waals surface area (Å²) in [6, 6.07) is 11.1. The molecule has 1 heterocycles. The number of aromatic amines is 1. The average molecular weight is 303 g/mol. The van der Waals surface area contributed by atoms with E-state index in [0.717, 1.165) is 11.6 Å². The van der Waals surface area contributed by atoms with E-state index in [1.165, 1.54) is 12.1 Å². The summed E-state index contributed by atoms with van der Waals surface area (Å²) in [6.45, 7) is 1.85. The fourth-order valence-corrected chi connectivity index (χ4v) is 2.66. The number of fused-ring (bicyclic) bond motifs is 1. The summed E-state index contributed by atoms with van der Waals surface area (Å²) < 4.78 is 39.4. The molecule has 112 valence electrons. The molecule has 3 aromatic rings. The fraction of sp³-hybridized carbons (Fsp3) is 0.118. The first-order valence-corrected chi connectivity index (χ1v) is 6.66. The van der Waals surface area contributed by atoms with E-state index in [1.54, 1.807) is 12.1 Å². The molecular formula is C17H12F3NO. The number of carbonyl (C=O) groups is 1. The number of benzene rings is 2. The van der Waals surface area contributed by atoms with E-state index in [-0.39, 0.29) is 16.5 Å². The number of nitrogens with one attached hydrogen (secondary N) is 1. The van der Waals surface area contributed by atoms with Crippen LogP contribution in [0.15, 0.2) is 42.5 Å². The van der Waals surface area contributed by atoms with Crippen molar-refractivity contribution in [3.05, 3.63) is 59.2 Å². The molecule has 22 heavy (non-hydrogen) atoms. The van der Waals surface area contributed by atoms with Crippen LogP contribution in [0.4, 0.5) is 13.2 Å². The van der Waals surface area contributed by atoms with E-state index in [0.29, 0.717) is 17.5 Å². The lowest BCUT2D eigenvalue weighted by molar-refractivity contribution is -0.136. The second-order valence-corrected chi connectivity index (χ2v) is 5.07. The predicted molar refractivity (Wildman–Crippen MR) is 78.9 cm³/mol. The van der Waals surface area contributed by atoms with Gasteiger partial charge in [-0.1, -0.05) is 36.4 Å². The molecule has 0 saturated carbocycles. The van der Waals surface area contributed by atoms with Crippen LogP contribution in [-0.4, -0.2) is 11.3 Å². The highest BCUT2D eigenvalue weighted by molar-refractivity contribution is 6.05. The molecule has 2 nitrogen and oxygen atoms in total. The minimum Gasteiger partial charge on any atom is -0.353 e. The molecule has 5 heteroatoms. The number of aromatic nitrogens is 1. The van der Waals surface area contributed by atoms with E-state index in [2.05, 4.69) is 4.98 Å². The van der Waals surface area contributed by atoms with E-state index in [1.807, 2.05) is 19.1 Å². The summed E-state index contributed by atoms with van der Waals surface area (Å²) in [4.78, 5) is 14.2. The standard InChI is InChI=1S/C17H12F3NO/c1-10-5-2-3-6-11(10)15-13(9-22)12-7-4-8-14(16(12)21-15)17(18,19)20/h2-9,21H,1H3. The zero-order chi connectivity index (χ0) is 15.9. The number of aldehydes is 1. The Morgan fingerprint density at radius 3 is 2.41 bits per heavy atom. The molecule has 3 rings (SSSR count). The molecule has 0 unspecified atom stereocenters. The number of rotatable bonds is 2. The molecule has 0 radical (unpaired) electrons. The molecule has 0 aliphatic rings. The Bertz CT molecular complexity index is 862. The smallest absolute Gasteiger partial charge is 0.353 e. The third-order valence-corrected chi connectivity index (χ3v) is 3.71. The second-order valence-electron chi connectivity index (χ2n) is 5.07. The molecular weight excluding hydrogens is 291 g/mol. The monoisotopic (exact) mass is 303 g/mol. The molecule has 2 aromatic carbocycles. The van der Waals surface area contributed by atoms with Crippen LogP contribution < -0.4 is 0 Å². The van der Waals surface area contributed by atoms with Crippen LogP contribution in [0.5, 0.6) is 0 Å². The number of H-pyrrole nitrogens is 1. The molecule has 1 N–H and O–H groups in total. The highest BCUT2D eigenvalue weighted by Crippen LogP contribution is 2.38. The number of aryl methyl sites for hydroxylation is 1. The highest BCUT2D eigenvalue weighted by atomic mass is 19.4. The van der Waals surface area contributed by atoms with Gasteiger partial charge in [0, 0.05) is 16.5 Å². The largest absolute Gasteiger partial charge is 0.418 e. The lowest BCUT2D eigenvalue weighted by Crippen LogP contribution is -2.05. The van der Waals surface area contributed by atoms with Crippen LogP contribution in [0.1, 0.15) is 21.5 Å². The third-order valence-electron chi connectivity index (χ3n) is 3.71. The molecule has 0 atom stereocenters. The first kappa shape index (κ1) is 14.4. The Labute approximate surface area is 124 Å². The average Bonchev–Trinajstić information content (AvgIpc) is 2.84. The van der Waals surface area contributed by atoms with E-state index < -0.39 is 11.7 Å². The lowest BCUT2D eigenvalue weighted by Gasteiger charge is -2.07. The van der Waals surface area contributed by atoms with Gasteiger partial charge in [0.2, 0.25) is 0 Å². The summed E-state index contributed by atoms with van der Waals surface area (Å²) in [6.07, 6.45) is -3.88. The quantitative estimate of drug-likeness (QED) is 0.666. The van der Waals surface area contributed by atoms with Gasteiger partial charge in [-0.25, -0.2) is 0 Å². The number of hydrogen-bond donors (Lipinski definition) is 1. The Balaban J connectivity index is 2.38. The normalized spacial score (nSPS) is 11.8. The van der Waals surface area contributed by atoms with Gasteiger partial charge in [-0.2, -0.15) is 13.2 Å². The Kier molecular flexibility index (Phi) is 3.28. The Morgan fingerprint density at radius 1 is 1.05 bits per heavy atom. The van der Waals surface area contributed by atoms with Gasteiger partial charge in [-0.05, 0) is 18.6 Å². The van der Waals surface area contributed by atoms with Gasteiger partial charge in [0.1, 0.15) is 0 Å². The zero-order valence-corrected chi connectivity index (χ0v) is 11.7. The van der Waals surface area contributed by atoms with Crippen molar-refractivity contribution >= 4 is 17.2 Å². The van der Waals surface area contributed by atoms with E-state index in [4.69, 9.17) is 0 Å². The van der Waals surface area contributed by atoms with Gasteiger partial charge in [0.15, 0.2) is 6.29 Å². The van der Waals surface area contributed by atoms with Gasteiger partial charge >= 0.3 is 6.18 Å². The maximum absolute atomic E-state index is 13.1. The number of carbonyl (C=O) groups excluding carboxylic acids is 1. The maximum atomic E-state index is 13.1. The van der Waals surface area contributed by atoms with Crippen molar-refractivity contribution in [2.45, 2.75) is 13.1 Å². The van der Waals surface area contributed by atoms with E-state index >= 15 is 0 Å². The molecule has 0 aliphatic carbocycles. The SMILES string of the molecule is Cc1ccccc1-c1[nH]c2c(C(F)(F)F)cccc2c1C=O. The van der Waals surface area contributed by atoms with Gasteiger partial charge in [0.25, 0.3) is 0 Å². The van der Waals surface area contributed by atoms with Crippen molar-refractivity contribution in [2.75, 3.05) is 0 Å². The number of hydrogen-bond acceptors (Lipinski definition) is 1. The summed E-state index contributed by atoms with van der Waals surface area (Å²) in [5.41, 5.74) is 1.43. The Morgan fingerprint density at radius 2 is 1.77 bits per heavy atom. The first-order chi connectivity index (χ1) is 10.4. The van der Waals surface area contributed by atoms with Crippen molar-refractivity contribution in [3.63, 3.8) is 0 Å². The highest BCUT2D eigenvalue weighted by Gasteiger charge is 2.34. The summed E-state index contributed by atoms with van der Waals surface area (Å²) in [7, 11) is 0. The minimum absolute atomic E-state index is 0.0599. The summed E-state index contributed by atoms with van der Waals surface area (Å²) in [5.74, 6) is 0. The minimum atomic E-state index is -4.48. The van der Waals surface area contributed by atoms with E-state index in [9.17, 15) is 18.0 Å². The second kappa shape index (κ2) is 5.02. The number of halogens is 3. The van der Waals surface area contributed by atoms with Crippen molar-refractivity contribution in [3.8, 4) is 11.3 Å². The predicted octanol–water partition coefficient (Wildman–Crippen LogP) is 4.97. The zero-order valence-electron chi connectivity index (χ0n) is 11.7. The molecule has 0 spiro atoms. The maximum Gasteiger partial charge on any atom is 0.418 e. The van der Waals surface area contributed by atoms with Gasteiger partial charge in [-0.3, -0.25) is 4.79 Å². The van der Waals surface area contributed by atoms with Gasteiger partial charge < -0.3 is 4.98 Å². The number of alkyl halides is 3. The lowest BCUT2D eigenvalue weighted by atomic mass is 10.0. The van der Waals surface area contributed by atoms with Crippen molar-refractivity contribution in [2.24, 2.45) is 0 Å². The van der Waals surface area contributed by atoms with Crippen LogP contribution in [0.25, 0.3) is 22.2 Å². The molecule has 0 amide bonds. The van der Waals surface area contributed by atoms with Crippen LogP contribution in [0, 0.1) is 6.92 Å². The van der Waals surface area contributed by atoms with Crippen molar-refractivity contribution in [1.82, 2.24) is 4.98 Å². The molecule has 0 fully saturated rings. The first-order valence-electron chi connectivity index (χ1n) is 6.66. The van der Waals surface area contributed by atoms with Crippen molar-refractivity contribution < 1.29 is 18.0 Å². The van der Waals surface area contributed by atoms with Gasteiger partial charge in [0.05, 0.1) is 16.8 Å². The van der Waals surface area contributed by atoms with Crippen LogP contribution in [0.2, 0.25) is 0 Å². The molecule has 0 saturated heterocycles. The molecule has 0 bridgehead atoms. The van der Waals surface area contributed by atoms with Crippen molar-refractivity contribution in [1.29, 1.82) is 0 Å².